The first-order valence-corrected chi connectivity index (χ1v) is 11.3. The molecule has 4 aromatic rings. The summed E-state index contributed by atoms with van der Waals surface area (Å²) < 4.78 is 28.3. The number of carbonyl (C=O) groups is 1. The van der Waals surface area contributed by atoms with E-state index in [1.807, 2.05) is 24.3 Å². The predicted octanol–water partition coefficient (Wildman–Crippen LogP) is 4.51. The van der Waals surface area contributed by atoms with Crippen LogP contribution < -0.4 is 10.0 Å². The van der Waals surface area contributed by atoms with Crippen LogP contribution in [0.4, 0.5) is 11.4 Å². The van der Waals surface area contributed by atoms with Gasteiger partial charge < -0.3 is 5.32 Å². The van der Waals surface area contributed by atoms with E-state index in [0.717, 1.165) is 10.9 Å². The molecule has 1 heterocycles. The molecule has 3 aromatic carbocycles. The molecule has 3 N–H and O–H groups in total. The number of sulfonamides is 1. The summed E-state index contributed by atoms with van der Waals surface area (Å²) in [4.78, 5) is 12.6. The zero-order valence-electron chi connectivity index (χ0n) is 16.5. The standard InChI is InChI=1S/C22H19ClN4O3S/c1-14-6-9-17(12-21(14)31(29,30)27-16-10-7-15(23)8-11-16)24-22(28)13-20-18-4-2-3-5-19(18)25-26-20/h2-12,27H,13H2,1H3,(H,24,28)(H,25,26). The lowest BCUT2D eigenvalue weighted by molar-refractivity contribution is -0.115. The molecule has 0 bridgehead atoms. The Hall–Kier alpha value is -3.36. The first-order chi connectivity index (χ1) is 14.8. The maximum atomic E-state index is 12.9. The van der Waals surface area contributed by atoms with Crippen LogP contribution >= 0.6 is 11.6 Å². The summed E-state index contributed by atoms with van der Waals surface area (Å²) in [6.07, 6.45) is 0.0828. The second-order valence-electron chi connectivity index (χ2n) is 7.04. The van der Waals surface area contributed by atoms with Crippen LogP contribution in [0.5, 0.6) is 0 Å². The molecule has 1 amide bonds. The number of H-pyrrole nitrogens is 1. The highest BCUT2D eigenvalue weighted by Crippen LogP contribution is 2.24. The number of hydrogen-bond donors (Lipinski definition) is 3. The van der Waals surface area contributed by atoms with Gasteiger partial charge in [0.05, 0.1) is 22.5 Å². The van der Waals surface area contributed by atoms with Gasteiger partial charge in [-0.05, 0) is 55.0 Å². The van der Waals surface area contributed by atoms with Gasteiger partial charge in [0.1, 0.15) is 0 Å². The maximum Gasteiger partial charge on any atom is 0.262 e. The molecule has 0 aliphatic carbocycles. The molecule has 7 nitrogen and oxygen atoms in total. The quantitative estimate of drug-likeness (QED) is 0.398. The summed E-state index contributed by atoms with van der Waals surface area (Å²) in [6.45, 7) is 1.69. The van der Waals surface area contributed by atoms with Crippen LogP contribution in [0.3, 0.4) is 0 Å². The number of fused-ring (bicyclic) bond motifs is 1. The third kappa shape index (κ3) is 4.70. The first-order valence-electron chi connectivity index (χ1n) is 9.43. The number of aromatic amines is 1. The summed E-state index contributed by atoms with van der Waals surface area (Å²) in [7, 11) is -3.85. The number of halogens is 1. The van der Waals surface area contributed by atoms with Gasteiger partial charge in [0, 0.05) is 21.8 Å². The molecule has 0 saturated heterocycles. The lowest BCUT2D eigenvalue weighted by atomic mass is 10.1. The van der Waals surface area contributed by atoms with Crippen molar-refractivity contribution < 1.29 is 13.2 Å². The zero-order valence-corrected chi connectivity index (χ0v) is 18.1. The predicted molar refractivity (Wildman–Crippen MR) is 122 cm³/mol. The Morgan fingerprint density at radius 1 is 1.03 bits per heavy atom. The smallest absolute Gasteiger partial charge is 0.262 e. The van der Waals surface area contributed by atoms with E-state index in [-0.39, 0.29) is 17.2 Å². The fourth-order valence-electron chi connectivity index (χ4n) is 3.21. The maximum absolute atomic E-state index is 12.9. The van der Waals surface area contributed by atoms with Crippen LogP contribution in [0, 0.1) is 6.92 Å². The molecule has 4 rings (SSSR count). The van der Waals surface area contributed by atoms with Crippen molar-refractivity contribution in [3.8, 4) is 0 Å². The van der Waals surface area contributed by atoms with Crippen LogP contribution in [0.1, 0.15) is 11.3 Å². The average Bonchev–Trinajstić information content (AvgIpc) is 3.14. The number of hydrogen-bond acceptors (Lipinski definition) is 4. The molecular weight excluding hydrogens is 436 g/mol. The number of para-hydroxylation sites is 1. The average molecular weight is 455 g/mol. The van der Waals surface area contributed by atoms with E-state index in [2.05, 4.69) is 20.2 Å². The van der Waals surface area contributed by atoms with Crippen molar-refractivity contribution in [1.82, 2.24) is 10.2 Å². The van der Waals surface area contributed by atoms with Gasteiger partial charge in [-0.1, -0.05) is 35.9 Å². The van der Waals surface area contributed by atoms with Gasteiger partial charge in [-0.3, -0.25) is 14.6 Å². The Morgan fingerprint density at radius 3 is 2.52 bits per heavy atom. The number of amides is 1. The van der Waals surface area contributed by atoms with Crippen molar-refractivity contribution in [2.24, 2.45) is 0 Å². The Labute approximate surface area is 184 Å². The van der Waals surface area contributed by atoms with Crippen LogP contribution in [-0.2, 0) is 21.2 Å². The number of aryl methyl sites for hydroxylation is 1. The van der Waals surface area contributed by atoms with Gasteiger partial charge in [-0.15, -0.1) is 0 Å². The third-order valence-electron chi connectivity index (χ3n) is 4.74. The zero-order chi connectivity index (χ0) is 22.0. The van der Waals surface area contributed by atoms with Crippen LogP contribution in [0.25, 0.3) is 10.9 Å². The highest BCUT2D eigenvalue weighted by atomic mass is 35.5. The van der Waals surface area contributed by atoms with Crippen molar-refractivity contribution in [2.45, 2.75) is 18.2 Å². The van der Waals surface area contributed by atoms with Crippen molar-refractivity contribution in [1.29, 1.82) is 0 Å². The first kappa shape index (κ1) is 20.9. The molecular formula is C22H19ClN4O3S. The van der Waals surface area contributed by atoms with E-state index in [0.29, 0.717) is 27.7 Å². The SMILES string of the molecule is Cc1ccc(NC(=O)Cc2[nH]nc3ccccc23)cc1S(=O)(=O)Nc1ccc(Cl)cc1. The molecule has 158 valence electrons. The van der Waals surface area contributed by atoms with Gasteiger partial charge in [0.15, 0.2) is 0 Å². The molecule has 0 saturated carbocycles. The van der Waals surface area contributed by atoms with Crippen LogP contribution in [0.2, 0.25) is 5.02 Å². The molecule has 0 aliphatic heterocycles. The number of nitrogens with one attached hydrogen (secondary N) is 3. The fraction of sp³-hybridized carbons (Fsp3) is 0.0909. The molecule has 0 fully saturated rings. The number of anilines is 2. The monoisotopic (exact) mass is 454 g/mol. The Morgan fingerprint density at radius 2 is 1.74 bits per heavy atom. The third-order valence-corrected chi connectivity index (χ3v) is 6.51. The lowest BCUT2D eigenvalue weighted by Gasteiger charge is -2.13. The van der Waals surface area contributed by atoms with E-state index >= 15 is 0 Å². The Kier molecular flexibility index (Phi) is 5.67. The highest BCUT2D eigenvalue weighted by Gasteiger charge is 2.19. The molecule has 9 heteroatoms. The molecule has 31 heavy (non-hydrogen) atoms. The van der Waals surface area contributed by atoms with Crippen molar-refractivity contribution >= 4 is 49.8 Å². The van der Waals surface area contributed by atoms with E-state index in [1.54, 1.807) is 43.3 Å². The Bertz CT molecular complexity index is 1370. The molecule has 0 atom stereocenters. The van der Waals surface area contributed by atoms with Gasteiger partial charge in [0.25, 0.3) is 10.0 Å². The summed E-state index contributed by atoms with van der Waals surface area (Å²) >= 11 is 5.85. The lowest BCUT2D eigenvalue weighted by Crippen LogP contribution is -2.17. The fourth-order valence-corrected chi connectivity index (χ4v) is 4.67. The minimum Gasteiger partial charge on any atom is -0.326 e. The molecule has 0 radical (unpaired) electrons. The van der Waals surface area contributed by atoms with Gasteiger partial charge >= 0.3 is 0 Å². The summed E-state index contributed by atoms with van der Waals surface area (Å²) in [5, 5.41) is 11.2. The largest absolute Gasteiger partial charge is 0.326 e. The summed E-state index contributed by atoms with van der Waals surface area (Å²) in [5.74, 6) is -0.285. The minimum atomic E-state index is -3.85. The van der Waals surface area contributed by atoms with E-state index in [4.69, 9.17) is 11.6 Å². The molecule has 0 aliphatic rings. The highest BCUT2D eigenvalue weighted by molar-refractivity contribution is 7.92. The van der Waals surface area contributed by atoms with Crippen LogP contribution in [-0.4, -0.2) is 24.5 Å². The summed E-state index contributed by atoms with van der Waals surface area (Å²) in [5.41, 5.74) is 2.80. The Balaban J connectivity index is 1.53. The van der Waals surface area contributed by atoms with Gasteiger partial charge in [-0.2, -0.15) is 5.10 Å². The topological polar surface area (TPSA) is 104 Å². The van der Waals surface area contributed by atoms with Crippen molar-refractivity contribution in [3.05, 3.63) is 83.0 Å². The van der Waals surface area contributed by atoms with Gasteiger partial charge in [0.2, 0.25) is 5.91 Å². The van der Waals surface area contributed by atoms with E-state index in [1.165, 1.54) is 6.07 Å². The molecule has 1 aromatic heterocycles. The normalized spacial score (nSPS) is 11.4. The van der Waals surface area contributed by atoms with Crippen LogP contribution in [0.15, 0.2) is 71.6 Å². The van der Waals surface area contributed by atoms with E-state index in [9.17, 15) is 13.2 Å². The van der Waals surface area contributed by atoms with Gasteiger partial charge in [-0.25, -0.2) is 8.42 Å². The number of carbonyl (C=O) groups excluding carboxylic acids is 1. The minimum absolute atomic E-state index is 0.0761. The molecule has 0 spiro atoms. The molecule has 0 unspecified atom stereocenters. The second kappa shape index (κ2) is 8.41. The number of rotatable bonds is 6. The number of aromatic nitrogens is 2. The second-order valence-corrected chi connectivity index (χ2v) is 9.12. The van der Waals surface area contributed by atoms with Crippen molar-refractivity contribution in [3.63, 3.8) is 0 Å². The summed E-state index contributed by atoms with van der Waals surface area (Å²) in [6, 6.07) is 18.6. The number of nitrogens with zero attached hydrogens (tertiary/aromatic N) is 1. The number of benzene rings is 3. The van der Waals surface area contributed by atoms with Crippen molar-refractivity contribution in [2.75, 3.05) is 10.0 Å². The van der Waals surface area contributed by atoms with E-state index < -0.39 is 10.0 Å².